The van der Waals surface area contributed by atoms with Gasteiger partial charge in [0.1, 0.15) is 11.8 Å². The number of rotatable bonds is 6. The fourth-order valence-corrected chi connectivity index (χ4v) is 4.41. The normalized spacial score (nSPS) is 17.0. The van der Waals surface area contributed by atoms with Gasteiger partial charge in [-0.15, -0.1) is 0 Å². The number of nitrogens with one attached hydrogen (secondary N) is 2. The Bertz CT molecular complexity index is 1470. The molecule has 0 radical (unpaired) electrons. The van der Waals surface area contributed by atoms with Crippen molar-refractivity contribution >= 4 is 11.7 Å². The lowest BCUT2D eigenvalue weighted by Crippen LogP contribution is -2.41. The second kappa shape index (κ2) is 8.89. The molecule has 1 amide bonds. The number of carbonyl (C=O) groups excluding carboxylic acids is 1. The number of aliphatic hydroxyl groups is 1. The van der Waals surface area contributed by atoms with E-state index in [1.807, 2.05) is 0 Å². The second-order valence-corrected chi connectivity index (χ2v) is 8.44. The fraction of sp³-hybridized carbons (Fsp3) is 0.200. The SMILES string of the molecule is COc1cc(-c2cnn(C(C)C(=O)NNc3cnccn3)c2)c2c(c1)C(O)(C(F)(F)F)c1ccccc1-2. The van der Waals surface area contributed by atoms with Crippen molar-refractivity contribution in [1.82, 2.24) is 25.2 Å². The summed E-state index contributed by atoms with van der Waals surface area (Å²) in [6, 6.07) is 7.86. The van der Waals surface area contributed by atoms with E-state index in [1.165, 1.54) is 60.8 Å². The molecule has 12 heteroatoms. The predicted molar refractivity (Wildman–Crippen MR) is 127 cm³/mol. The van der Waals surface area contributed by atoms with Gasteiger partial charge in [0.2, 0.25) is 5.60 Å². The van der Waals surface area contributed by atoms with Gasteiger partial charge in [0.05, 0.1) is 19.5 Å². The van der Waals surface area contributed by atoms with Gasteiger partial charge in [-0.3, -0.25) is 25.3 Å². The summed E-state index contributed by atoms with van der Waals surface area (Å²) in [7, 11) is 1.33. The monoisotopic (exact) mass is 510 g/mol. The minimum absolute atomic E-state index is 0.135. The van der Waals surface area contributed by atoms with E-state index in [0.29, 0.717) is 16.9 Å². The standard InChI is InChI=1S/C25H21F3N6O3/c1-14(23(35)33-32-21-12-29-7-8-30-21)34-13-15(11-31-34)18-9-16(37-2)10-20-22(18)17-5-3-4-6-19(17)24(20,36)25(26,27)28/h3-14,36H,1-2H3,(H,30,32)(H,33,35). The number of methoxy groups -OCH3 is 1. The molecule has 9 nitrogen and oxygen atoms in total. The average Bonchev–Trinajstić information content (AvgIpc) is 3.49. The first kappa shape index (κ1) is 24.3. The lowest BCUT2D eigenvalue weighted by molar-refractivity contribution is -0.246. The molecular formula is C25H21F3N6O3. The number of amides is 1. The summed E-state index contributed by atoms with van der Waals surface area (Å²) >= 11 is 0. The van der Waals surface area contributed by atoms with Gasteiger partial charge in [-0.2, -0.15) is 18.3 Å². The summed E-state index contributed by atoms with van der Waals surface area (Å²) in [5.41, 5.74) is 2.65. The molecule has 5 rings (SSSR count). The van der Waals surface area contributed by atoms with Gasteiger partial charge >= 0.3 is 6.18 Å². The molecule has 4 aromatic rings. The van der Waals surface area contributed by atoms with Crippen LogP contribution in [0.1, 0.15) is 24.1 Å². The zero-order valence-electron chi connectivity index (χ0n) is 19.6. The van der Waals surface area contributed by atoms with Crippen molar-refractivity contribution in [3.05, 3.63) is 78.5 Å². The van der Waals surface area contributed by atoms with Gasteiger partial charge in [-0.25, -0.2) is 4.98 Å². The number of hydrazine groups is 1. The molecule has 3 N–H and O–H groups in total. The topological polar surface area (TPSA) is 114 Å². The summed E-state index contributed by atoms with van der Waals surface area (Å²) in [4.78, 5) is 20.5. The second-order valence-electron chi connectivity index (χ2n) is 8.44. The van der Waals surface area contributed by atoms with Crippen molar-refractivity contribution in [2.45, 2.75) is 24.7 Å². The van der Waals surface area contributed by atoms with E-state index < -0.39 is 23.7 Å². The Morgan fingerprint density at radius 1 is 1.14 bits per heavy atom. The summed E-state index contributed by atoms with van der Waals surface area (Å²) in [5, 5.41) is 15.3. The molecule has 1 aliphatic carbocycles. The number of fused-ring (bicyclic) bond motifs is 3. The first-order valence-electron chi connectivity index (χ1n) is 11.1. The third-order valence-electron chi connectivity index (χ3n) is 6.30. The van der Waals surface area contributed by atoms with Crippen molar-refractivity contribution < 1.29 is 27.8 Å². The highest BCUT2D eigenvalue weighted by atomic mass is 19.4. The Morgan fingerprint density at radius 3 is 2.62 bits per heavy atom. The van der Waals surface area contributed by atoms with Crippen LogP contribution in [0, 0.1) is 0 Å². The van der Waals surface area contributed by atoms with Crippen LogP contribution >= 0.6 is 0 Å². The van der Waals surface area contributed by atoms with E-state index in [4.69, 9.17) is 4.74 Å². The van der Waals surface area contributed by atoms with E-state index in [1.54, 1.807) is 25.3 Å². The van der Waals surface area contributed by atoms with Crippen LogP contribution in [0.5, 0.6) is 5.75 Å². The number of hydrogen-bond acceptors (Lipinski definition) is 7. The molecule has 37 heavy (non-hydrogen) atoms. The molecule has 2 unspecified atom stereocenters. The summed E-state index contributed by atoms with van der Waals surface area (Å²) in [5.74, 6) is 0.0378. The van der Waals surface area contributed by atoms with Crippen LogP contribution in [0.2, 0.25) is 0 Å². The summed E-state index contributed by atoms with van der Waals surface area (Å²) in [6.45, 7) is 1.61. The minimum atomic E-state index is -4.98. The number of alkyl halides is 3. The van der Waals surface area contributed by atoms with Crippen LogP contribution < -0.4 is 15.6 Å². The molecule has 2 heterocycles. The molecular weight excluding hydrogens is 489 g/mol. The van der Waals surface area contributed by atoms with Gasteiger partial charge in [0, 0.05) is 35.3 Å². The van der Waals surface area contributed by atoms with Crippen molar-refractivity contribution in [1.29, 1.82) is 0 Å². The highest BCUT2D eigenvalue weighted by Crippen LogP contribution is 2.58. The maximum atomic E-state index is 14.3. The van der Waals surface area contributed by atoms with Gasteiger partial charge < -0.3 is 9.84 Å². The molecule has 2 aromatic heterocycles. The molecule has 2 atom stereocenters. The van der Waals surface area contributed by atoms with Crippen molar-refractivity contribution in [3.8, 4) is 28.0 Å². The Kier molecular flexibility index (Phi) is 5.83. The van der Waals surface area contributed by atoms with E-state index >= 15 is 0 Å². The van der Waals surface area contributed by atoms with E-state index in [-0.39, 0.29) is 28.0 Å². The quantitative estimate of drug-likeness (QED) is 0.338. The van der Waals surface area contributed by atoms with Gasteiger partial charge in [0.15, 0.2) is 5.82 Å². The van der Waals surface area contributed by atoms with E-state index in [9.17, 15) is 23.1 Å². The molecule has 0 saturated carbocycles. The van der Waals surface area contributed by atoms with Crippen LogP contribution in [0.4, 0.5) is 19.0 Å². The number of benzene rings is 2. The van der Waals surface area contributed by atoms with Gasteiger partial charge in [-0.05, 0) is 35.7 Å². The number of anilines is 1. The number of ether oxygens (including phenoxy) is 1. The number of nitrogens with zero attached hydrogens (tertiary/aromatic N) is 4. The fourth-order valence-electron chi connectivity index (χ4n) is 4.41. The van der Waals surface area contributed by atoms with E-state index in [0.717, 1.165) is 0 Å². The van der Waals surface area contributed by atoms with Crippen LogP contribution in [0.15, 0.2) is 67.4 Å². The number of aromatic nitrogens is 4. The Morgan fingerprint density at radius 2 is 1.92 bits per heavy atom. The maximum absolute atomic E-state index is 14.3. The summed E-state index contributed by atoms with van der Waals surface area (Å²) < 4.78 is 49.6. The third kappa shape index (κ3) is 3.95. The van der Waals surface area contributed by atoms with Crippen LogP contribution in [-0.2, 0) is 10.4 Å². The minimum Gasteiger partial charge on any atom is -0.497 e. The lowest BCUT2D eigenvalue weighted by atomic mass is 9.89. The molecule has 2 aromatic carbocycles. The average molecular weight is 510 g/mol. The van der Waals surface area contributed by atoms with Crippen LogP contribution in [0.25, 0.3) is 22.3 Å². The Balaban J connectivity index is 1.54. The van der Waals surface area contributed by atoms with Crippen molar-refractivity contribution in [3.63, 3.8) is 0 Å². The Labute approximate surface area is 208 Å². The van der Waals surface area contributed by atoms with Crippen molar-refractivity contribution in [2.24, 2.45) is 0 Å². The number of carbonyl (C=O) groups is 1. The molecule has 0 aliphatic heterocycles. The molecule has 1 aliphatic rings. The number of hydrogen-bond donors (Lipinski definition) is 3. The van der Waals surface area contributed by atoms with Crippen LogP contribution in [-0.4, -0.2) is 44.0 Å². The lowest BCUT2D eigenvalue weighted by Gasteiger charge is -2.28. The zero-order valence-corrected chi connectivity index (χ0v) is 19.6. The van der Waals surface area contributed by atoms with Crippen molar-refractivity contribution in [2.75, 3.05) is 12.5 Å². The van der Waals surface area contributed by atoms with Gasteiger partial charge in [0.25, 0.3) is 5.91 Å². The first-order chi connectivity index (χ1) is 17.6. The molecule has 190 valence electrons. The highest BCUT2D eigenvalue weighted by molar-refractivity contribution is 5.93. The number of halogens is 3. The highest BCUT2D eigenvalue weighted by Gasteiger charge is 2.61. The van der Waals surface area contributed by atoms with E-state index in [2.05, 4.69) is 25.9 Å². The first-order valence-corrected chi connectivity index (χ1v) is 11.1. The van der Waals surface area contributed by atoms with Crippen LogP contribution in [0.3, 0.4) is 0 Å². The third-order valence-corrected chi connectivity index (χ3v) is 6.30. The van der Waals surface area contributed by atoms with Gasteiger partial charge in [-0.1, -0.05) is 24.3 Å². The predicted octanol–water partition coefficient (Wildman–Crippen LogP) is 3.83. The summed E-state index contributed by atoms with van der Waals surface area (Å²) in [6.07, 6.45) is 2.40. The molecule has 0 bridgehead atoms. The molecule has 0 fully saturated rings. The molecule has 0 spiro atoms. The largest absolute Gasteiger partial charge is 0.497 e. The zero-order chi connectivity index (χ0) is 26.4. The molecule has 0 saturated heterocycles. The smallest absolute Gasteiger partial charge is 0.425 e. The Hall–Kier alpha value is -4.45. The maximum Gasteiger partial charge on any atom is 0.425 e.